The molecule has 2 saturated heterocycles. The van der Waals surface area contributed by atoms with Crippen LogP contribution in [-0.4, -0.2) is 45.9 Å². The van der Waals surface area contributed by atoms with Gasteiger partial charge in [-0.25, -0.2) is 0 Å². The summed E-state index contributed by atoms with van der Waals surface area (Å²) >= 11 is 0. The molecule has 27 heavy (non-hydrogen) atoms. The number of aliphatic hydroxyl groups excluding tert-OH is 1. The summed E-state index contributed by atoms with van der Waals surface area (Å²) in [6.45, 7) is 2.72. The number of aliphatic hydroxyl groups is 1. The van der Waals surface area contributed by atoms with Crippen molar-refractivity contribution in [1.82, 2.24) is 9.88 Å². The highest BCUT2D eigenvalue weighted by molar-refractivity contribution is 6.46. The number of amides is 1. The largest absolute Gasteiger partial charge is 0.507 e. The van der Waals surface area contributed by atoms with Gasteiger partial charge < -0.3 is 19.2 Å². The predicted molar refractivity (Wildman–Crippen MR) is 95.7 cm³/mol. The van der Waals surface area contributed by atoms with E-state index in [9.17, 15) is 14.7 Å². The number of pyridine rings is 1. The molecule has 2 unspecified atom stereocenters. The SMILES string of the molecule is Cc1ccc(C2/C(=C(/O)c3ccncc3)C(=O)C(=O)N2CC2CCCO2)o1. The first-order valence-electron chi connectivity index (χ1n) is 8.93. The van der Waals surface area contributed by atoms with E-state index in [-0.39, 0.29) is 24.0 Å². The van der Waals surface area contributed by atoms with Gasteiger partial charge in [-0.2, -0.15) is 0 Å². The van der Waals surface area contributed by atoms with E-state index in [4.69, 9.17) is 9.15 Å². The minimum Gasteiger partial charge on any atom is -0.507 e. The number of nitrogens with zero attached hydrogens (tertiary/aromatic N) is 2. The maximum Gasteiger partial charge on any atom is 0.295 e. The molecule has 0 saturated carbocycles. The molecule has 2 aromatic rings. The molecule has 2 fully saturated rings. The summed E-state index contributed by atoms with van der Waals surface area (Å²) in [4.78, 5) is 30.9. The van der Waals surface area contributed by atoms with Crippen LogP contribution in [0.3, 0.4) is 0 Å². The van der Waals surface area contributed by atoms with Gasteiger partial charge in [0.1, 0.15) is 23.3 Å². The van der Waals surface area contributed by atoms with Gasteiger partial charge in [0.15, 0.2) is 0 Å². The lowest BCUT2D eigenvalue weighted by Gasteiger charge is -2.25. The third kappa shape index (κ3) is 3.14. The van der Waals surface area contributed by atoms with Gasteiger partial charge in [-0.15, -0.1) is 0 Å². The number of ketones is 1. The van der Waals surface area contributed by atoms with E-state index >= 15 is 0 Å². The molecular weight excluding hydrogens is 348 g/mol. The van der Waals surface area contributed by atoms with Crippen LogP contribution in [0.15, 0.2) is 46.6 Å². The van der Waals surface area contributed by atoms with E-state index < -0.39 is 17.7 Å². The van der Waals surface area contributed by atoms with Crippen LogP contribution in [0.25, 0.3) is 5.76 Å². The van der Waals surface area contributed by atoms with Gasteiger partial charge in [0.05, 0.1) is 11.7 Å². The molecular formula is C20H20N2O5. The molecule has 2 aliphatic rings. The Labute approximate surface area is 156 Å². The number of carbonyl (C=O) groups excluding carboxylic acids is 2. The lowest BCUT2D eigenvalue weighted by Crippen LogP contribution is -2.36. The Morgan fingerprint density at radius 1 is 1.26 bits per heavy atom. The molecule has 7 heteroatoms. The van der Waals surface area contributed by atoms with Crippen molar-refractivity contribution in [3.63, 3.8) is 0 Å². The second kappa shape index (κ2) is 7.00. The minimum atomic E-state index is -0.781. The third-order valence-corrected chi connectivity index (χ3v) is 4.95. The Kier molecular flexibility index (Phi) is 4.53. The van der Waals surface area contributed by atoms with Crippen LogP contribution in [0.5, 0.6) is 0 Å². The van der Waals surface area contributed by atoms with Crippen LogP contribution < -0.4 is 0 Å². The number of carbonyl (C=O) groups is 2. The first-order valence-corrected chi connectivity index (χ1v) is 8.93. The molecule has 0 radical (unpaired) electrons. The smallest absolute Gasteiger partial charge is 0.295 e. The number of furan rings is 1. The van der Waals surface area contributed by atoms with E-state index in [1.807, 2.05) is 0 Å². The Hall–Kier alpha value is -2.93. The van der Waals surface area contributed by atoms with Crippen molar-refractivity contribution in [1.29, 1.82) is 0 Å². The maximum atomic E-state index is 12.8. The van der Waals surface area contributed by atoms with Crippen LogP contribution in [0.1, 0.15) is 36.0 Å². The Morgan fingerprint density at radius 2 is 2.04 bits per heavy atom. The van der Waals surface area contributed by atoms with Crippen LogP contribution in [-0.2, 0) is 14.3 Å². The highest BCUT2D eigenvalue weighted by atomic mass is 16.5. The fraction of sp³-hybridized carbons (Fsp3) is 0.350. The first-order chi connectivity index (χ1) is 13.1. The minimum absolute atomic E-state index is 0.0264. The van der Waals surface area contributed by atoms with E-state index in [0.717, 1.165) is 12.8 Å². The van der Waals surface area contributed by atoms with Crippen LogP contribution in [0.4, 0.5) is 0 Å². The first kappa shape index (κ1) is 17.5. The molecule has 2 aliphatic heterocycles. The van der Waals surface area contributed by atoms with Gasteiger partial charge in [0, 0.05) is 31.1 Å². The lowest BCUT2D eigenvalue weighted by molar-refractivity contribution is -0.141. The number of hydrogen-bond acceptors (Lipinski definition) is 6. The monoisotopic (exact) mass is 368 g/mol. The van der Waals surface area contributed by atoms with E-state index in [2.05, 4.69) is 4.98 Å². The standard InChI is InChI=1S/C20H20N2O5/c1-12-4-5-15(27-12)17-16(18(23)13-6-8-21-9-7-13)19(24)20(25)22(17)11-14-3-2-10-26-14/h4-9,14,17,23H,2-3,10-11H2,1H3/b18-16-. The zero-order valence-corrected chi connectivity index (χ0v) is 14.9. The van der Waals surface area contributed by atoms with Crippen LogP contribution in [0, 0.1) is 6.92 Å². The zero-order chi connectivity index (χ0) is 19.0. The van der Waals surface area contributed by atoms with Crippen molar-refractivity contribution in [2.75, 3.05) is 13.2 Å². The predicted octanol–water partition coefficient (Wildman–Crippen LogP) is 2.58. The van der Waals surface area contributed by atoms with Gasteiger partial charge in [0.2, 0.25) is 0 Å². The zero-order valence-electron chi connectivity index (χ0n) is 14.9. The van der Waals surface area contributed by atoms with Crippen molar-refractivity contribution in [2.45, 2.75) is 31.9 Å². The van der Waals surface area contributed by atoms with Crippen molar-refractivity contribution in [2.24, 2.45) is 0 Å². The fourth-order valence-electron chi connectivity index (χ4n) is 3.64. The lowest BCUT2D eigenvalue weighted by atomic mass is 9.99. The maximum absolute atomic E-state index is 12.8. The number of ether oxygens (including phenoxy) is 1. The summed E-state index contributed by atoms with van der Waals surface area (Å²) < 4.78 is 11.4. The number of aromatic nitrogens is 1. The number of Topliss-reactive ketones (excluding diaryl/α,β-unsaturated/α-hetero) is 1. The van der Waals surface area contributed by atoms with Crippen molar-refractivity contribution >= 4 is 17.4 Å². The summed E-state index contributed by atoms with van der Waals surface area (Å²) in [6, 6.07) is 5.90. The normalized spacial score (nSPS) is 24.7. The summed E-state index contributed by atoms with van der Waals surface area (Å²) in [6.07, 6.45) is 4.67. The fourth-order valence-corrected chi connectivity index (χ4v) is 3.64. The molecule has 140 valence electrons. The second-order valence-corrected chi connectivity index (χ2v) is 6.77. The van der Waals surface area contributed by atoms with Crippen molar-refractivity contribution < 1.29 is 23.8 Å². The molecule has 1 amide bonds. The van der Waals surface area contributed by atoms with Gasteiger partial charge >= 0.3 is 0 Å². The van der Waals surface area contributed by atoms with Gasteiger partial charge in [-0.3, -0.25) is 14.6 Å². The number of aryl methyl sites for hydroxylation is 1. The molecule has 2 aromatic heterocycles. The second-order valence-electron chi connectivity index (χ2n) is 6.77. The molecule has 2 atom stereocenters. The Balaban J connectivity index is 1.80. The number of likely N-dealkylation sites (tertiary alicyclic amines) is 1. The highest BCUT2D eigenvalue weighted by Gasteiger charge is 2.48. The van der Waals surface area contributed by atoms with Gasteiger partial charge in [-0.1, -0.05) is 0 Å². The Morgan fingerprint density at radius 3 is 2.67 bits per heavy atom. The van der Waals surface area contributed by atoms with Crippen molar-refractivity contribution in [3.8, 4) is 0 Å². The average Bonchev–Trinajstić information content (AvgIpc) is 3.39. The average molecular weight is 368 g/mol. The molecule has 4 rings (SSSR count). The molecule has 0 aliphatic carbocycles. The van der Waals surface area contributed by atoms with Crippen LogP contribution >= 0.6 is 0 Å². The molecule has 0 aromatic carbocycles. The molecule has 4 heterocycles. The van der Waals surface area contributed by atoms with Crippen molar-refractivity contribution in [3.05, 3.63) is 59.3 Å². The quantitative estimate of drug-likeness (QED) is 0.507. The van der Waals surface area contributed by atoms with Gasteiger partial charge in [0.25, 0.3) is 11.7 Å². The Bertz CT molecular complexity index is 896. The summed E-state index contributed by atoms with van der Waals surface area (Å²) in [5.41, 5.74) is 0.451. The molecule has 1 N–H and O–H groups in total. The summed E-state index contributed by atoms with van der Waals surface area (Å²) in [5.74, 6) is -0.497. The topological polar surface area (TPSA) is 92.9 Å². The number of hydrogen-bond donors (Lipinski definition) is 1. The number of rotatable bonds is 4. The van der Waals surface area contributed by atoms with E-state index in [0.29, 0.717) is 23.7 Å². The van der Waals surface area contributed by atoms with E-state index in [1.165, 1.54) is 17.3 Å². The summed E-state index contributed by atoms with van der Waals surface area (Å²) in [7, 11) is 0. The van der Waals surface area contributed by atoms with Gasteiger partial charge in [-0.05, 0) is 44.0 Å². The highest BCUT2D eigenvalue weighted by Crippen LogP contribution is 2.40. The third-order valence-electron chi connectivity index (χ3n) is 4.95. The summed E-state index contributed by atoms with van der Waals surface area (Å²) in [5, 5.41) is 10.8. The molecule has 0 spiro atoms. The molecule has 7 nitrogen and oxygen atoms in total. The van der Waals surface area contributed by atoms with E-state index in [1.54, 1.807) is 31.2 Å². The van der Waals surface area contributed by atoms with Crippen LogP contribution in [0.2, 0.25) is 0 Å². The molecule has 0 bridgehead atoms.